The van der Waals surface area contributed by atoms with Crippen molar-refractivity contribution in [3.8, 4) is 0 Å². The number of para-hydroxylation sites is 2. The molecule has 0 saturated carbocycles. The number of nitrogens with one attached hydrogen (secondary N) is 1. The lowest BCUT2D eigenvalue weighted by Crippen LogP contribution is -2.44. The number of ether oxygens (including phenoxy) is 1. The summed E-state index contributed by atoms with van der Waals surface area (Å²) in [5.74, 6) is 0.000898. The summed E-state index contributed by atoms with van der Waals surface area (Å²) in [5.41, 5.74) is 7.55. The van der Waals surface area contributed by atoms with Gasteiger partial charge in [-0.25, -0.2) is 0 Å². The molecule has 1 atom stereocenters. The molecule has 5 heteroatoms. The summed E-state index contributed by atoms with van der Waals surface area (Å²) in [7, 11) is 0. The molecule has 0 bridgehead atoms. The molecule has 0 saturated heterocycles. The van der Waals surface area contributed by atoms with Gasteiger partial charge in [-0.1, -0.05) is 12.1 Å². The van der Waals surface area contributed by atoms with Crippen molar-refractivity contribution in [3.05, 3.63) is 24.3 Å². The molecular formula is C13H19N3O2. The Morgan fingerprint density at radius 1 is 1.50 bits per heavy atom. The molecule has 98 valence electrons. The molecule has 18 heavy (non-hydrogen) atoms. The molecule has 3 N–H and O–H groups in total. The van der Waals surface area contributed by atoms with E-state index in [4.69, 9.17) is 10.5 Å². The Bertz CT molecular complexity index is 422. The molecule has 0 spiro atoms. The van der Waals surface area contributed by atoms with Crippen LogP contribution in [0.5, 0.6) is 0 Å². The van der Waals surface area contributed by atoms with Crippen LogP contribution in [-0.2, 0) is 9.53 Å². The fourth-order valence-corrected chi connectivity index (χ4v) is 2.14. The molecule has 0 fully saturated rings. The Balaban J connectivity index is 2.15. The summed E-state index contributed by atoms with van der Waals surface area (Å²) in [4.78, 5) is 13.7. The fourth-order valence-electron chi connectivity index (χ4n) is 2.14. The van der Waals surface area contributed by atoms with Crippen LogP contribution in [0.4, 0.5) is 11.4 Å². The lowest BCUT2D eigenvalue weighted by atomic mass is 10.1. The summed E-state index contributed by atoms with van der Waals surface area (Å²) in [5, 5.41) is 2.86. The molecule has 5 nitrogen and oxygen atoms in total. The first-order valence-electron chi connectivity index (χ1n) is 6.20. The normalized spacial score (nSPS) is 16.1. The molecule has 0 aromatic heterocycles. The van der Waals surface area contributed by atoms with E-state index in [1.807, 2.05) is 36.1 Å². The number of carbonyl (C=O) groups excluding carboxylic acids is 1. The number of nitrogens with zero attached hydrogens (tertiary/aromatic N) is 1. The van der Waals surface area contributed by atoms with Crippen LogP contribution in [0, 0.1) is 0 Å². The number of carbonyl (C=O) groups is 1. The molecule has 1 amide bonds. The number of amides is 1. The lowest BCUT2D eigenvalue weighted by molar-refractivity contribution is -0.115. The third-order valence-electron chi connectivity index (χ3n) is 2.94. The zero-order chi connectivity index (χ0) is 13.0. The van der Waals surface area contributed by atoms with E-state index in [1.165, 1.54) is 0 Å². The number of nitrogens with two attached hydrogens (primary N) is 1. The number of fused-ring (bicyclic) bond motifs is 1. The number of rotatable bonds is 5. The van der Waals surface area contributed by atoms with E-state index in [0.29, 0.717) is 26.2 Å². The first-order chi connectivity index (χ1) is 8.74. The van der Waals surface area contributed by atoms with Gasteiger partial charge in [-0.15, -0.1) is 0 Å². The summed E-state index contributed by atoms with van der Waals surface area (Å²) in [6.07, 6.45) is -0.0473. The van der Waals surface area contributed by atoms with Crippen molar-refractivity contribution in [2.75, 3.05) is 36.5 Å². The quantitative estimate of drug-likeness (QED) is 0.810. The van der Waals surface area contributed by atoms with E-state index in [1.54, 1.807) is 0 Å². The van der Waals surface area contributed by atoms with E-state index < -0.39 is 0 Å². The number of benzene rings is 1. The highest BCUT2D eigenvalue weighted by Crippen LogP contribution is 2.28. The maximum absolute atomic E-state index is 11.6. The van der Waals surface area contributed by atoms with E-state index in [9.17, 15) is 4.79 Å². The van der Waals surface area contributed by atoms with E-state index in [0.717, 1.165) is 11.4 Å². The third kappa shape index (κ3) is 2.80. The minimum Gasteiger partial charge on any atom is -0.375 e. The third-order valence-corrected chi connectivity index (χ3v) is 2.94. The summed E-state index contributed by atoms with van der Waals surface area (Å²) >= 11 is 0. The van der Waals surface area contributed by atoms with Gasteiger partial charge in [-0.3, -0.25) is 4.79 Å². The maximum atomic E-state index is 11.6. The second kappa shape index (κ2) is 5.84. The van der Waals surface area contributed by atoms with Crippen molar-refractivity contribution < 1.29 is 9.53 Å². The summed E-state index contributed by atoms with van der Waals surface area (Å²) < 4.78 is 5.55. The molecule has 2 rings (SSSR count). The van der Waals surface area contributed by atoms with Crippen LogP contribution in [0.2, 0.25) is 0 Å². The minimum atomic E-state index is -0.0473. The average Bonchev–Trinajstić information content (AvgIpc) is 2.38. The highest BCUT2D eigenvalue weighted by atomic mass is 16.5. The Labute approximate surface area is 107 Å². The van der Waals surface area contributed by atoms with E-state index >= 15 is 0 Å². The van der Waals surface area contributed by atoms with Gasteiger partial charge in [-0.2, -0.15) is 0 Å². The van der Waals surface area contributed by atoms with Crippen molar-refractivity contribution in [1.29, 1.82) is 0 Å². The van der Waals surface area contributed by atoms with Crippen LogP contribution in [0.3, 0.4) is 0 Å². The Kier molecular flexibility index (Phi) is 4.17. The van der Waals surface area contributed by atoms with Gasteiger partial charge in [0.25, 0.3) is 0 Å². The van der Waals surface area contributed by atoms with Crippen molar-refractivity contribution in [2.45, 2.75) is 13.0 Å². The molecule has 1 aliphatic rings. The number of hydrogen-bond acceptors (Lipinski definition) is 4. The SMILES string of the molecule is CCOC(CN)CN1CC(=O)Nc2ccccc21. The average molecular weight is 249 g/mol. The Morgan fingerprint density at radius 2 is 2.28 bits per heavy atom. The molecular weight excluding hydrogens is 230 g/mol. The van der Waals surface area contributed by atoms with Crippen molar-refractivity contribution in [3.63, 3.8) is 0 Å². The molecule has 0 radical (unpaired) electrons. The summed E-state index contributed by atoms with van der Waals surface area (Å²) in [6.45, 7) is 4.01. The standard InChI is InChI=1S/C13H19N3O2/c1-2-18-10(7-14)8-16-9-13(17)15-11-5-3-4-6-12(11)16/h3-6,10H,2,7-9,14H2,1H3,(H,15,17). The molecule has 0 aliphatic carbocycles. The molecule has 1 aromatic rings. The highest BCUT2D eigenvalue weighted by molar-refractivity contribution is 6.01. The Hall–Kier alpha value is -1.59. The van der Waals surface area contributed by atoms with Gasteiger partial charge in [0.1, 0.15) is 0 Å². The predicted molar refractivity (Wildman–Crippen MR) is 71.8 cm³/mol. The topological polar surface area (TPSA) is 67.6 Å². The Morgan fingerprint density at radius 3 is 3.00 bits per heavy atom. The van der Waals surface area contributed by atoms with Crippen LogP contribution in [-0.4, -0.2) is 38.3 Å². The fraction of sp³-hybridized carbons (Fsp3) is 0.462. The zero-order valence-electron chi connectivity index (χ0n) is 10.6. The van der Waals surface area contributed by atoms with Gasteiger partial charge in [0, 0.05) is 19.7 Å². The minimum absolute atomic E-state index is 0.000898. The van der Waals surface area contributed by atoms with Crippen LogP contribution < -0.4 is 16.0 Å². The van der Waals surface area contributed by atoms with Crippen molar-refractivity contribution >= 4 is 17.3 Å². The second-order valence-corrected chi connectivity index (χ2v) is 4.26. The first kappa shape index (κ1) is 12.9. The van der Waals surface area contributed by atoms with Crippen LogP contribution in [0.25, 0.3) is 0 Å². The second-order valence-electron chi connectivity index (χ2n) is 4.26. The number of hydrogen-bond donors (Lipinski definition) is 2. The van der Waals surface area contributed by atoms with E-state index in [-0.39, 0.29) is 12.0 Å². The van der Waals surface area contributed by atoms with Gasteiger partial charge in [0.2, 0.25) is 5.91 Å². The maximum Gasteiger partial charge on any atom is 0.243 e. The molecule has 1 aliphatic heterocycles. The molecule has 1 unspecified atom stereocenters. The van der Waals surface area contributed by atoms with Gasteiger partial charge in [0.15, 0.2) is 0 Å². The zero-order valence-corrected chi connectivity index (χ0v) is 10.6. The molecule has 1 heterocycles. The van der Waals surface area contributed by atoms with Crippen LogP contribution >= 0.6 is 0 Å². The van der Waals surface area contributed by atoms with Crippen molar-refractivity contribution in [1.82, 2.24) is 0 Å². The van der Waals surface area contributed by atoms with E-state index in [2.05, 4.69) is 5.32 Å². The molecule has 1 aromatic carbocycles. The van der Waals surface area contributed by atoms with Gasteiger partial charge in [-0.05, 0) is 19.1 Å². The van der Waals surface area contributed by atoms with Crippen molar-refractivity contribution in [2.24, 2.45) is 5.73 Å². The highest BCUT2D eigenvalue weighted by Gasteiger charge is 2.23. The van der Waals surface area contributed by atoms with Crippen LogP contribution in [0.15, 0.2) is 24.3 Å². The van der Waals surface area contributed by atoms with Gasteiger partial charge in [0.05, 0.1) is 24.0 Å². The predicted octanol–water partition coefficient (Wildman–Crippen LogP) is 0.809. The largest absolute Gasteiger partial charge is 0.375 e. The smallest absolute Gasteiger partial charge is 0.243 e. The first-order valence-corrected chi connectivity index (χ1v) is 6.20. The monoisotopic (exact) mass is 249 g/mol. The lowest BCUT2D eigenvalue weighted by Gasteiger charge is -2.33. The van der Waals surface area contributed by atoms with Gasteiger partial charge >= 0.3 is 0 Å². The van der Waals surface area contributed by atoms with Gasteiger partial charge < -0.3 is 20.7 Å². The van der Waals surface area contributed by atoms with Crippen LogP contribution in [0.1, 0.15) is 6.92 Å². The number of anilines is 2. The summed E-state index contributed by atoms with van der Waals surface area (Å²) in [6, 6.07) is 7.76.